The molecule has 1 aliphatic rings. The highest BCUT2D eigenvalue weighted by atomic mass is 16.3. The van der Waals surface area contributed by atoms with Gasteiger partial charge in [0.1, 0.15) is 11.6 Å². The van der Waals surface area contributed by atoms with Crippen LogP contribution >= 0.6 is 0 Å². The average Bonchev–Trinajstić information content (AvgIpc) is 2.85. The van der Waals surface area contributed by atoms with E-state index in [4.69, 9.17) is 0 Å². The van der Waals surface area contributed by atoms with Crippen molar-refractivity contribution in [3.05, 3.63) is 70.3 Å². The number of fused-ring (bicyclic) bond motifs is 2. The van der Waals surface area contributed by atoms with Gasteiger partial charge in [-0.3, -0.25) is 14.2 Å². The van der Waals surface area contributed by atoms with Crippen molar-refractivity contribution < 1.29 is 9.90 Å². The van der Waals surface area contributed by atoms with E-state index >= 15 is 0 Å². The van der Waals surface area contributed by atoms with Crippen LogP contribution in [0.5, 0.6) is 5.75 Å². The number of hydrogen-bond donors (Lipinski definition) is 1. The van der Waals surface area contributed by atoms with Crippen LogP contribution in [0.25, 0.3) is 10.9 Å². The van der Waals surface area contributed by atoms with E-state index < -0.39 is 0 Å². The number of rotatable bonds is 2. The predicted molar refractivity (Wildman–Crippen MR) is 98.1 cm³/mol. The third kappa shape index (κ3) is 3.06. The lowest BCUT2D eigenvalue weighted by molar-refractivity contribution is -0.130. The monoisotopic (exact) mass is 349 g/mol. The fourth-order valence-corrected chi connectivity index (χ4v) is 3.41. The number of amides is 1. The summed E-state index contributed by atoms with van der Waals surface area (Å²) in [5.74, 6) is 0.864. The van der Waals surface area contributed by atoms with Gasteiger partial charge in [0, 0.05) is 26.1 Å². The van der Waals surface area contributed by atoms with Crippen molar-refractivity contribution >= 4 is 16.8 Å². The van der Waals surface area contributed by atoms with Crippen LogP contribution in [0.2, 0.25) is 0 Å². The summed E-state index contributed by atoms with van der Waals surface area (Å²) in [5.41, 5.74) is 1.42. The molecule has 3 aromatic rings. The van der Waals surface area contributed by atoms with Crippen molar-refractivity contribution in [3.63, 3.8) is 0 Å². The van der Waals surface area contributed by atoms with Crippen molar-refractivity contribution in [3.8, 4) is 5.75 Å². The van der Waals surface area contributed by atoms with Crippen LogP contribution in [0.1, 0.15) is 11.4 Å². The Labute approximate surface area is 150 Å². The fraction of sp³-hybridized carbons (Fsp3) is 0.250. The molecule has 0 unspecified atom stereocenters. The lowest BCUT2D eigenvalue weighted by Crippen LogP contribution is -2.35. The number of para-hydroxylation sites is 1. The van der Waals surface area contributed by atoms with Gasteiger partial charge < -0.3 is 10.0 Å². The van der Waals surface area contributed by atoms with Crippen LogP contribution in [-0.4, -0.2) is 38.6 Å². The topological polar surface area (TPSA) is 75.4 Å². The zero-order chi connectivity index (χ0) is 18.1. The number of aromatic nitrogens is 2. The van der Waals surface area contributed by atoms with Crippen molar-refractivity contribution in [1.82, 2.24) is 14.5 Å². The Morgan fingerprint density at radius 2 is 1.92 bits per heavy atom. The van der Waals surface area contributed by atoms with E-state index in [0.717, 1.165) is 11.4 Å². The van der Waals surface area contributed by atoms with Crippen LogP contribution in [0.3, 0.4) is 0 Å². The third-order valence-electron chi connectivity index (χ3n) is 4.76. The Bertz CT molecular complexity index is 1040. The van der Waals surface area contributed by atoms with Crippen molar-refractivity contribution in [2.75, 3.05) is 13.1 Å². The highest BCUT2D eigenvalue weighted by Crippen LogP contribution is 2.14. The van der Waals surface area contributed by atoms with Crippen LogP contribution in [0.4, 0.5) is 0 Å². The smallest absolute Gasteiger partial charge is 0.261 e. The van der Waals surface area contributed by atoms with Gasteiger partial charge in [0.15, 0.2) is 0 Å². The third-order valence-corrected chi connectivity index (χ3v) is 4.76. The van der Waals surface area contributed by atoms with Crippen molar-refractivity contribution in [2.45, 2.75) is 19.4 Å². The maximum atomic E-state index is 12.7. The van der Waals surface area contributed by atoms with Crippen LogP contribution in [0, 0.1) is 0 Å². The summed E-state index contributed by atoms with van der Waals surface area (Å²) in [7, 11) is 0. The molecule has 0 saturated heterocycles. The van der Waals surface area contributed by atoms with Gasteiger partial charge >= 0.3 is 0 Å². The molecule has 4 rings (SSSR count). The molecule has 0 atom stereocenters. The van der Waals surface area contributed by atoms with Gasteiger partial charge in [-0.1, -0.05) is 24.3 Å². The Balaban J connectivity index is 1.56. The molecule has 0 radical (unpaired) electrons. The number of benzene rings is 2. The Kier molecular flexibility index (Phi) is 4.16. The van der Waals surface area contributed by atoms with Gasteiger partial charge in [-0.05, 0) is 29.8 Å². The Morgan fingerprint density at radius 1 is 1.08 bits per heavy atom. The highest BCUT2D eigenvalue weighted by Gasteiger charge is 2.21. The molecule has 6 nitrogen and oxygen atoms in total. The molecule has 1 aromatic heterocycles. The molecule has 26 heavy (non-hydrogen) atoms. The standard InChI is InChI=1S/C20H19N3O3/c24-15-5-3-4-14(12-15)13-19(25)22-9-8-18-21-17-7-2-1-6-16(17)20(26)23(18)11-10-22/h1-7,12,24H,8-11,13H2. The number of carbonyl (C=O) groups excluding carboxylic acids is 1. The minimum atomic E-state index is -0.0483. The quantitative estimate of drug-likeness (QED) is 0.764. The molecular formula is C20H19N3O3. The molecule has 0 aliphatic carbocycles. The van der Waals surface area contributed by atoms with Crippen LogP contribution < -0.4 is 5.56 Å². The number of carbonyl (C=O) groups is 1. The summed E-state index contributed by atoms with van der Waals surface area (Å²) < 4.78 is 1.68. The summed E-state index contributed by atoms with van der Waals surface area (Å²) in [6.45, 7) is 1.45. The molecule has 0 saturated carbocycles. The maximum Gasteiger partial charge on any atom is 0.261 e. The predicted octanol–water partition coefficient (Wildman–Crippen LogP) is 1.73. The van der Waals surface area contributed by atoms with Gasteiger partial charge in [0.05, 0.1) is 17.3 Å². The molecule has 2 aromatic carbocycles. The molecule has 132 valence electrons. The van der Waals surface area contributed by atoms with E-state index in [0.29, 0.717) is 37.0 Å². The number of nitrogens with zero attached hydrogens (tertiary/aromatic N) is 3. The van der Waals surface area contributed by atoms with Crippen LogP contribution in [0.15, 0.2) is 53.3 Å². The minimum absolute atomic E-state index is 0.0130. The Hall–Kier alpha value is -3.15. The Morgan fingerprint density at radius 3 is 2.77 bits per heavy atom. The summed E-state index contributed by atoms with van der Waals surface area (Å²) in [4.78, 5) is 31.7. The van der Waals surface area contributed by atoms with E-state index in [1.807, 2.05) is 24.3 Å². The van der Waals surface area contributed by atoms with Crippen molar-refractivity contribution in [1.29, 1.82) is 0 Å². The highest BCUT2D eigenvalue weighted by molar-refractivity contribution is 5.79. The molecule has 1 N–H and O–H groups in total. The van der Waals surface area contributed by atoms with Gasteiger partial charge in [-0.25, -0.2) is 4.98 Å². The number of hydrogen-bond acceptors (Lipinski definition) is 4. The van der Waals surface area contributed by atoms with E-state index in [1.165, 1.54) is 0 Å². The molecule has 1 aliphatic heterocycles. The normalized spacial score (nSPS) is 14.1. The maximum absolute atomic E-state index is 12.7. The van der Waals surface area contributed by atoms with Crippen molar-refractivity contribution in [2.24, 2.45) is 0 Å². The lowest BCUT2D eigenvalue weighted by Gasteiger charge is -2.20. The molecule has 0 bridgehead atoms. The first kappa shape index (κ1) is 16.3. The van der Waals surface area contributed by atoms with E-state index in [2.05, 4.69) is 4.98 Å². The summed E-state index contributed by atoms with van der Waals surface area (Å²) in [6.07, 6.45) is 0.779. The first-order valence-corrected chi connectivity index (χ1v) is 8.66. The van der Waals surface area contributed by atoms with Crippen LogP contribution in [-0.2, 0) is 24.2 Å². The first-order valence-electron chi connectivity index (χ1n) is 8.66. The second-order valence-electron chi connectivity index (χ2n) is 6.48. The largest absolute Gasteiger partial charge is 0.508 e. The van der Waals surface area contributed by atoms with Gasteiger partial charge in [0.25, 0.3) is 5.56 Å². The van der Waals surface area contributed by atoms with E-state index in [9.17, 15) is 14.7 Å². The summed E-state index contributed by atoms with van der Waals surface area (Å²) in [5, 5.41) is 10.2. The molecular weight excluding hydrogens is 330 g/mol. The molecule has 6 heteroatoms. The second kappa shape index (κ2) is 6.63. The minimum Gasteiger partial charge on any atom is -0.508 e. The lowest BCUT2D eigenvalue weighted by atomic mass is 10.1. The first-order chi connectivity index (χ1) is 12.6. The van der Waals surface area contributed by atoms with Gasteiger partial charge in [-0.15, -0.1) is 0 Å². The molecule has 0 fully saturated rings. The second-order valence-corrected chi connectivity index (χ2v) is 6.48. The zero-order valence-electron chi connectivity index (χ0n) is 14.3. The fourth-order valence-electron chi connectivity index (χ4n) is 3.41. The SMILES string of the molecule is O=C(Cc1cccc(O)c1)N1CCc2nc3ccccc3c(=O)n2CC1. The molecule has 0 spiro atoms. The number of phenols is 1. The molecule has 1 amide bonds. The number of phenolic OH excluding ortho intramolecular Hbond substituents is 1. The molecule has 2 heterocycles. The summed E-state index contributed by atoms with van der Waals surface area (Å²) in [6, 6.07) is 14.1. The summed E-state index contributed by atoms with van der Waals surface area (Å²) >= 11 is 0. The average molecular weight is 349 g/mol. The van der Waals surface area contributed by atoms with E-state index in [-0.39, 0.29) is 23.6 Å². The van der Waals surface area contributed by atoms with E-state index in [1.54, 1.807) is 33.7 Å². The van der Waals surface area contributed by atoms with Gasteiger partial charge in [0.2, 0.25) is 5.91 Å². The van der Waals surface area contributed by atoms with Gasteiger partial charge in [-0.2, -0.15) is 0 Å². The number of aromatic hydroxyl groups is 1. The zero-order valence-corrected chi connectivity index (χ0v) is 14.3.